The summed E-state index contributed by atoms with van der Waals surface area (Å²) in [5.41, 5.74) is 1.03. The van der Waals surface area contributed by atoms with E-state index in [0.29, 0.717) is 27.0 Å². The molecule has 144 valence electrons. The van der Waals surface area contributed by atoms with Crippen LogP contribution in [0.1, 0.15) is 29.1 Å². The van der Waals surface area contributed by atoms with Crippen LogP contribution in [0.25, 0.3) is 16.5 Å². The van der Waals surface area contributed by atoms with Gasteiger partial charge < -0.3 is 4.74 Å². The van der Waals surface area contributed by atoms with Crippen LogP contribution in [0.2, 0.25) is 5.02 Å². The second kappa shape index (κ2) is 7.89. The molecule has 0 fully saturated rings. The molecule has 1 atom stereocenters. The van der Waals surface area contributed by atoms with E-state index in [1.807, 2.05) is 18.2 Å². The van der Waals surface area contributed by atoms with Crippen LogP contribution in [-0.4, -0.2) is 15.7 Å². The molecule has 0 radical (unpaired) electrons. The minimum atomic E-state index is -0.627. The maximum Gasteiger partial charge on any atom is 0.360 e. The smallest absolute Gasteiger partial charge is 0.360 e. The first-order valence-electron chi connectivity index (χ1n) is 9.09. The predicted octanol–water partition coefficient (Wildman–Crippen LogP) is 4.96. The largest absolute Gasteiger partial charge is 0.453 e. The maximum absolute atomic E-state index is 13.0. The summed E-state index contributed by atoms with van der Waals surface area (Å²) in [6, 6.07) is 23.0. The van der Waals surface area contributed by atoms with Crippen molar-refractivity contribution in [3.63, 3.8) is 0 Å². The summed E-state index contributed by atoms with van der Waals surface area (Å²) in [5, 5.41) is 5.69. The Labute approximate surface area is 172 Å². The minimum absolute atomic E-state index is 0.0722. The Hall–Kier alpha value is -3.44. The molecule has 4 aromatic rings. The number of halogens is 1. The zero-order valence-electron chi connectivity index (χ0n) is 15.6. The highest BCUT2D eigenvalue weighted by atomic mass is 35.5. The van der Waals surface area contributed by atoms with Gasteiger partial charge in [-0.3, -0.25) is 4.79 Å². The highest BCUT2D eigenvalue weighted by Crippen LogP contribution is 2.26. The van der Waals surface area contributed by atoms with Gasteiger partial charge in [0.05, 0.1) is 11.1 Å². The molecule has 0 aliphatic heterocycles. The van der Waals surface area contributed by atoms with E-state index in [0.717, 1.165) is 0 Å². The zero-order valence-corrected chi connectivity index (χ0v) is 16.3. The van der Waals surface area contributed by atoms with Crippen LogP contribution in [0.4, 0.5) is 0 Å². The maximum atomic E-state index is 13.0. The van der Waals surface area contributed by atoms with Crippen molar-refractivity contribution in [1.29, 1.82) is 0 Å². The number of aromatic nitrogens is 2. The summed E-state index contributed by atoms with van der Waals surface area (Å²) in [4.78, 5) is 25.9. The Morgan fingerprint density at radius 2 is 1.55 bits per heavy atom. The lowest BCUT2D eigenvalue weighted by Crippen LogP contribution is -2.25. The standard InChI is InChI=1S/C23H17ClN2O3/c1-15(17-11-7-8-14-20(17)24)29-23(28)21-18-12-5-6-13-19(18)22(27)26(25-21)16-9-3-2-4-10-16/h2-15H,1H3/t15-/m1/s1. The van der Waals surface area contributed by atoms with Gasteiger partial charge in [-0.15, -0.1) is 0 Å². The van der Waals surface area contributed by atoms with E-state index >= 15 is 0 Å². The number of benzene rings is 3. The first kappa shape index (κ1) is 18.9. The van der Waals surface area contributed by atoms with E-state index in [9.17, 15) is 9.59 Å². The van der Waals surface area contributed by atoms with Gasteiger partial charge in [-0.25, -0.2) is 4.79 Å². The van der Waals surface area contributed by atoms with Crippen LogP contribution < -0.4 is 5.56 Å². The van der Waals surface area contributed by atoms with Crippen molar-refractivity contribution < 1.29 is 9.53 Å². The molecule has 0 bridgehead atoms. The van der Waals surface area contributed by atoms with Crippen molar-refractivity contribution >= 4 is 28.3 Å². The molecule has 0 aliphatic carbocycles. The SMILES string of the molecule is C[C@@H](OC(=O)c1nn(-c2ccccc2)c(=O)c2ccccc12)c1ccccc1Cl. The van der Waals surface area contributed by atoms with Gasteiger partial charge in [0.25, 0.3) is 5.56 Å². The average molecular weight is 405 g/mol. The molecule has 0 saturated carbocycles. The number of nitrogens with zero attached hydrogens (tertiary/aromatic N) is 2. The van der Waals surface area contributed by atoms with Gasteiger partial charge in [0.15, 0.2) is 5.69 Å². The van der Waals surface area contributed by atoms with Crippen LogP contribution in [-0.2, 0) is 4.74 Å². The van der Waals surface area contributed by atoms with Crippen molar-refractivity contribution in [2.45, 2.75) is 13.0 Å². The van der Waals surface area contributed by atoms with Crippen molar-refractivity contribution in [2.75, 3.05) is 0 Å². The second-order valence-corrected chi connectivity index (χ2v) is 6.92. The lowest BCUT2D eigenvalue weighted by atomic mass is 10.1. The van der Waals surface area contributed by atoms with E-state index in [4.69, 9.17) is 16.3 Å². The molecule has 5 nitrogen and oxygen atoms in total. The number of esters is 1. The molecular weight excluding hydrogens is 388 g/mol. The molecule has 0 N–H and O–H groups in total. The Morgan fingerprint density at radius 3 is 2.28 bits per heavy atom. The van der Waals surface area contributed by atoms with Crippen LogP contribution >= 0.6 is 11.6 Å². The van der Waals surface area contributed by atoms with Gasteiger partial charge in [0.1, 0.15) is 6.10 Å². The molecule has 0 unspecified atom stereocenters. The van der Waals surface area contributed by atoms with Crippen LogP contribution in [0.15, 0.2) is 83.7 Å². The Kier molecular flexibility index (Phi) is 5.14. The van der Waals surface area contributed by atoms with E-state index in [-0.39, 0.29) is 11.3 Å². The fourth-order valence-corrected chi connectivity index (χ4v) is 3.46. The van der Waals surface area contributed by atoms with Crippen molar-refractivity contribution in [1.82, 2.24) is 9.78 Å². The lowest BCUT2D eigenvalue weighted by Gasteiger charge is -2.16. The fraction of sp³-hybridized carbons (Fsp3) is 0.0870. The predicted molar refractivity (Wildman–Crippen MR) is 113 cm³/mol. The number of ether oxygens (including phenoxy) is 1. The van der Waals surface area contributed by atoms with E-state index in [2.05, 4.69) is 5.10 Å². The van der Waals surface area contributed by atoms with Crippen molar-refractivity contribution in [2.24, 2.45) is 0 Å². The molecule has 0 amide bonds. The summed E-state index contributed by atoms with van der Waals surface area (Å²) >= 11 is 6.22. The second-order valence-electron chi connectivity index (χ2n) is 6.52. The molecule has 0 aliphatic rings. The van der Waals surface area contributed by atoms with Crippen molar-refractivity contribution in [3.8, 4) is 5.69 Å². The normalized spacial score (nSPS) is 11.9. The van der Waals surface area contributed by atoms with Gasteiger partial charge in [-0.1, -0.05) is 66.2 Å². The molecule has 29 heavy (non-hydrogen) atoms. The summed E-state index contributed by atoms with van der Waals surface area (Å²) in [6.45, 7) is 1.74. The van der Waals surface area contributed by atoms with Gasteiger partial charge in [0.2, 0.25) is 0 Å². The Balaban J connectivity index is 1.81. The first-order chi connectivity index (χ1) is 14.1. The number of fused-ring (bicyclic) bond motifs is 1. The van der Waals surface area contributed by atoms with E-state index < -0.39 is 12.1 Å². The van der Waals surface area contributed by atoms with Gasteiger partial charge in [0, 0.05) is 16.0 Å². The van der Waals surface area contributed by atoms with E-state index in [1.54, 1.807) is 67.6 Å². The number of carbonyl (C=O) groups excluding carboxylic acids is 1. The summed E-state index contributed by atoms with van der Waals surface area (Å²) < 4.78 is 6.86. The highest BCUT2D eigenvalue weighted by molar-refractivity contribution is 6.31. The third kappa shape index (κ3) is 3.65. The van der Waals surface area contributed by atoms with Gasteiger partial charge in [-0.05, 0) is 31.2 Å². The molecule has 6 heteroatoms. The summed E-state index contributed by atoms with van der Waals surface area (Å²) in [5.74, 6) is -0.627. The third-order valence-corrected chi connectivity index (χ3v) is 4.97. The molecule has 4 rings (SSSR count). The van der Waals surface area contributed by atoms with Crippen LogP contribution in [0, 0.1) is 0 Å². The molecular formula is C23H17ClN2O3. The molecule has 3 aromatic carbocycles. The van der Waals surface area contributed by atoms with Crippen LogP contribution in [0.5, 0.6) is 0 Å². The van der Waals surface area contributed by atoms with Crippen LogP contribution in [0.3, 0.4) is 0 Å². The Morgan fingerprint density at radius 1 is 0.931 bits per heavy atom. The molecule has 1 aromatic heterocycles. The van der Waals surface area contributed by atoms with E-state index in [1.165, 1.54) is 4.68 Å². The number of carbonyl (C=O) groups is 1. The first-order valence-corrected chi connectivity index (χ1v) is 9.47. The average Bonchev–Trinajstić information content (AvgIpc) is 2.75. The molecule has 0 saturated heterocycles. The Bertz CT molecular complexity index is 1250. The lowest BCUT2D eigenvalue weighted by molar-refractivity contribution is 0.0331. The van der Waals surface area contributed by atoms with Gasteiger partial charge >= 0.3 is 5.97 Å². The monoisotopic (exact) mass is 404 g/mol. The summed E-state index contributed by atoms with van der Waals surface area (Å²) in [6.07, 6.45) is -0.575. The quantitative estimate of drug-likeness (QED) is 0.451. The topological polar surface area (TPSA) is 61.2 Å². The number of rotatable bonds is 4. The number of hydrogen-bond donors (Lipinski definition) is 0. The highest BCUT2D eigenvalue weighted by Gasteiger charge is 2.22. The number of para-hydroxylation sites is 1. The van der Waals surface area contributed by atoms with Crippen molar-refractivity contribution in [3.05, 3.63) is 105 Å². The summed E-state index contributed by atoms with van der Waals surface area (Å²) in [7, 11) is 0. The molecule has 0 spiro atoms. The minimum Gasteiger partial charge on any atom is -0.453 e. The number of hydrogen-bond acceptors (Lipinski definition) is 4. The molecule has 1 heterocycles. The fourth-order valence-electron chi connectivity index (χ4n) is 3.17. The van der Waals surface area contributed by atoms with Gasteiger partial charge in [-0.2, -0.15) is 9.78 Å². The third-order valence-electron chi connectivity index (χ3n) is 4.63. The zero-order chi connectivity index (χ0) is 20.4.